The Morgan fingerprint density at radius 3 is 2.33 bits per heavy atom. The van der Waals surface area contributed by atoms with Crippen molar-refractivity contribution >= 4 is 0 Å². The molecule has 0 unspecified atom stereocenters. The number of nitrogens with one attached hydrogen (secondary N) is 1. The number of hydrogen-bond acceptors (Lipinski definition) is 3. The summed E-state index contributed by atoms with van der Waals surface area (Å²) in [6.07, 6.45) is -8.12. The van der Waals surface area contributed by atoms with Gasteiger partial charge >= 0.3 is 12.4 Å². The molecule has 0 saturated carbocycles. The zero-order valence-electron chi connectivity index (χ0n) is 13.4. The van der Waals surface area contributed by atoms with Crippen molar-refractivity contribution in [3.05, 3.63) is 65.4 Å². The van der Waals surface area contributed by atoms with Crippen LogP contribution in [0.3, 0.4) is 0 Å². The van der Waals surface area contributed by atoms with Gasteiger partial charge in [0.05, 0.1) is 17.3 Å². The second kappa shape index (κ2) is 6.93. The first-order chi connectivity index (χ1) is 12.6. The molecule has 1 aromatic heterocycles. The Balaban J connectivity index is 1.88. The fourth-order valence-corrected chi connectivity index (χ4v) is 2.41. The number of ether oxygens (including phenoxy) is 1. The molecule has 0 atom stereocenters. The monoisotopic (exact) mass is 387 g/mol. The summed E-state index contributed by atoms with van der Waals surface area (Å²) in [5, 5.41) is 9.93. The van der Waals surface area contributed by atoms with Crippen molar-refractivity contribution in [1.29, 1.82) is 0 Å². The van der Waals surface area contributed by atoms with Gasteiger partial charge in [0.1, 0.15) is 18.1 Å². The lowest BCUT2D eigenvalue weighted by Crippen LogP contribution is -2.14. The van der Waals surface area contributed by atoms with Gasteiger partial charge in [-0.15, -0.1) is 0 Å². The number of aromatic amines is 1. The highest BCUT2D eigenvalue weighted by Gasteiger charge is 2.37. The first-order valence-corrected chi connectivity index (χ1v) is 7.51. The van der Waals surface area contributed by atoms with Crippen LogP contribution in [0.1, 0.15) is 16.7 Å². The van der Waals surface area contributed by atoms with E-state index in [4.69, 9.17) is 4.74 Å². The molecular weight excluding hydrogens is 376 g/mol. The number of H-pyrrole nitrogens is 1. The summed E-state index contributed by atoms with van der Waals surface area (Å²) < 4.78 is 83.1. The Morgan fingerprint density at radius 2 is 1.70 bits per heavy atom. The second-order valence-electron chi connectivity index (χ2n) is 5.54. The van der Waals surface area contributed by atoms with E-state index in [1.54, 1.807) is 12.1 Å². The summed E-state index contributed by atoms with van der Waals surface area (Å²) in [7, 11) is 0. The predicted octanol–water partition coefficient (Wildman–Crippen LogP) is 5.09. The normalized spacial score (nSPS) is 12.2. The van der Waals surface area contributed by atoms with Crippen molar-refractivity contribution in [1.82, 2.24) is 15.4 Å². The van der Waals surface area contributed by atoms with E-state index in [-0.39, 0.29) is 5.75 Å². The Hall–Kier alpha value is -3.04. The van der Waals surface area contributed by atoms with Crippen LogP contribution >= 0.6 is 0 Å². The van der Waals surface area contributed by atoms with Crippen molar-refractivity contribution in [2.45, 2.75) is 19.0 Å². The highest BCUT2D eigenvalue weighted by molar-refractivity contribution is 5.59. The number of rotatable bonds is 4. The third kappa shape index (κ3) is 4.39. The zero-order chi connectivity index (χ0) is 19.7. The van der Waals surface area contributed by atoms with Crippen molar-refractivity contribution in [2.75, 3.05) is 0 Å². The van der Waals surface area contributed by atoms with E-state index >= 15 is 0 Å². The second-order valence-corrected chi connectivity index (χ2v) is 5.54. The van der Waals surface area contributed by atoms with Crippen LogP contribution in [0.5, 0.6) is 5.75 Å². The van der Waals surface area contributed by atoms with Gasteiger partial charge in [-0.3, -0.25) is 0 Å². The molecule has 0 radical (unpaired) electrons. The summed E-state index contributed by atoms with van der Waals surface area (Å²) in [5.41, 5.74) is -1.89. The molecule has 0 aliphatic rings. The van der Waals surface area contributed by atoms with E-state index in [0.717, 1.165) is 0 Å². The molecule has 0 fully saturated rings. The minimum absolute atomic E-state index is 0.182. The molecule has 0 bridgehead atoms. The molecule has 0 spiro atoms. The average Bonchev–Trinajstić information content (AvgIpc) is 3.13. The molecule has 4 nitrogen and oxygen atoms in total. The highest BCUT2D eigenvalue weighted by Crippen LogP contribution is 2.37. The molecule has 142 valence electrons. The van der Waals surface area contributed by atoms with Gasteiger partial charge < -0.3 is 4.74 Å². The van der Waals surface area contributed by atoms with E-state index in [1.807, 2.05) is 0 Å². The summed E-state index contributed by atoms with van der Waals surface area (Å²) in [5.74, 6) is 0.182. The van der Waals surface area contributed by atoms with Crippen LogP contribution in [0.15, 0.2) is 48.7 Å². The lowest BCUT2D eigenvalue weighted by molar-refractivity contribution is -0.142. The van der Waals surface area contributed by atoms with Gasteiger partial charge in [-0.1, -0.05) is 12.1 Å². The molecule has 1 N–H and O–H groups in total. The fourth-order valence-electron chi connectivity index (χ4n) is 2.41. The molecular formula is C17H11F6N3O. The summed E-state index contributed by atoms with van der Waals surface area (Å²) >= 11 is 0. The number of nitrogens with zero attached hydrogens (tertiary/aromatic N) is 2. The smallest absolute Gasteiger partial charge is 0.416 e. The standard InChI is InChI=1S/C17H11F6N3O/c18-16(19,20)12-4-5-14(17(21,22)23)11(6-12)9-27-13-3-1-2-10(7-13)15-8-24-26-25-15/h1-8H,9H2,(H,24,25,26). The first-order valence-electron chi connectivity index (χ1n) is 7.51. The number of alkyl halides is 6. The van der Waals surface area contributed by atoms with Crippen LogP contribution in [0.4, 0.5) is 26.3 Å². The Bertz CT molecular complexity index is 919. The molecule has 0 aliphatic heterocycles. The van der Waals surface area contributed by atoms with E-state index in [9.17, 15) is 26.3 Å². The van der Waals surface area contributed by atoms with Crippen LogP contribution < -0.4 is 4.74 Å². The zero-order valence-corrected chi connectivity index (χ0v) is 13.4. The van der Waals surface area contributed by atoms with Crippen LogP contribution in [0, 0.1) is 0 Å². The minimum atomic E-state index is -4.80. The minimum Gasteiger partial charge on any atom is -0.489 e. The Labute approximate surface area is 148 Å². The number of halogens is 6. The van der Waals surface area contributed by atoms with E-state index in [2.05, 4.69) is 15.4 Å². The van der Waals surface area contributed by atoms with Crippen LogP contribution in [0.2, 0.25) is 0 Å². The van der Waals surface area contributed by atoms with Gasteiger partial charge in [0.2, 0.25) is 0 Å². The van der Waals surface area contributed by atoms with Gasteiger partial charge in [-0.2, -0.15) is 41.8 Å². The third-order valence-electron chi connectivity index (χ3n) is 3.68. The maximum absolute atomic E-state index is 13.1. The van der Waals surface area contributed by atoms with Crippen molar-refractivity contribution < 1.29 is 31.1 Å². The summed E-state index contributed by atoms with van der Waals surface area (Å²) in [4.78, 5) is 0. The lowest BCUT2D eigenvalue weighted by Gasteiger charge is -2.16. The van der Waals surface area contributed by atoms with E-state index in [1.165, 1.54) is 18.3 Å². The molecule has 0 amide bonds. The van der Waals surface area contributed by atoms with Gasteiger partial charge in [-0.05, 0) is 30.3 Å². The van der Waals surface area contributed by atoms with Crippen molar-refractivity contribution in [3.8, 4) is 17.0 Å². The van der Waals surface area contributed by atoms with Crippen molar-refractivity contribution in [3.63, 3.8) is 0 Å². The van der Waals surface area contributed by atoms with Gasteiger partial charge in [0.25, 0.3) is 0 Å². The van der Waals surface area contributed by atoms with E-state index < -0.39 is 35.6 Å². The Morgan fingerprint density at radius 1 is 0.926 bits per heavy atom. The number of aromatic nitrogens is 3. The molecule has 1 heterocycles. The topological polar surface area (TPSA) is 50.8 Å². The largest absolute Gasteiger partial charge is 0.489 e. The molecule has 27 heavy (non-hydrogen) atoms. The lowest BCUT2D eigenvalue weighted by atomic mass is 10.0. The third-order valence-corrected chi connectivity index (χ3v) is 3.68. The Kier molecular flexibility index (Phi) is 4.81. The number of benzene rings is 2. The SMILES string of the molecule is FC(F)(F)c1ccc(C(F)(F)F)c(COc2cccc(-c3cn[nH]n3)c2)c1. The maximum Gasteiger partial charge on any atom is 0.416 e. The van der Waals surface area contributed by atoms with Gasteiger partial charge in [0.15, 0.2) is 0 Å². The predicted molar refractivity (Wildman–Crippen MR) is 82.6 cm³/mol. The van der Waals surface area contributed by atoms with Crippen molar-refractivity contribution in [2.24, 2.45) is 0 Å². The molecule has 0 saturated heterocycles. The van der Waals surface area contributed by atoms with Crippen LogP contribution in [-0.2, 0) is 19.0 Å². The maximum atomic E-state index is 13.1. The van der Waals surface area contributed by atoms with Crippen LogP contribution in [0.25, 0.3) is 11.3 Å². The molecule has 0 aliphatic carbocycles. The molecule has 2 aromatic carbocycles. The summed E-state index contributed by atoms with van der Waals surface area (Å²) in [6.45, 7) is -0.680. The summed E-state index contributed by atoms with van der Waals surface area (Å²) in [6, 6.07) is 7.49. The number of hydrogen-bond donors (Lipinski definition) is 1. The quantitative estimate of drug-likeness (QED) is 0.635. The van der Waals surface area contributed by atoms with E-state index in [0.29, 0.717) is 29.5 Å². The molecule has 10 heteroatoms. The van der Waals surface area contributed by atoms with Gasteiger partial charge in [0, 0.05) is 11.1 Å². The molecule has 3 rings (SSSR count). The van der Waals surface area contributed by atoms with Gasteiger partial charge in [-0.25, -0.2) is 0 Å². The first kappa shape index (κ1) is 18.7. The highest BCUT2D eigenvalue weighted by atomic mass is 19.4. The van der Waals surface area contributed by atoms with Crippen LogP contribution in [-0.4, -0.2) is 15.4 Å². The average molecular weight is 387 g/mol. The molecule has 3 aromatic rings. The fraction of sp³-hybridized carbons (Fsp3) is 0.176.